The number of hydrogen-bond donors (Lipinski definition) is 0. The zero-order valence-electron chi connectivity index (χ0n) is 13.7. The molecule has 0 fully saturated rings. The van der Waals surface area contributed by atoms with Gasteiger partial charge in [-0.15, -0.1) is 0 Å². The van der Waals surface area contributed by atoms with Crippen LogP contribution < -0.4 is 9.47 Å². The van der Waals surface area contributed by atoms with Crippen LogP contribution in [0.3, 0.4) is 0 Å². The van der Waals surface area contributed by atoms with E-state index in [1.165, 1.54) is 19.8 Å². The number of carbonyl (C=O) groups is 1. The molecule has 122 valence electrons. The summed E-state index contributed by atoms with van der Waals surface area (Å²) in [5.74, 6) is 0.863. The van der Waals surface area contributed by atoms with Gasteiger partial charge in [-0.1, -0.05) is 49.2 Å². The van der Waals surface area contributed by atoms with Crippen LogP contribution in [0, 0.1) is 0 Å². The number of carbonyl (C=O) groups excluding carboxylic acids is 1. The van der Waals surface area contributed by atoms with E-state index in [2.05, 4.69) is 6.92 Å². The number of benzene rings is 2. The lowest BCUT2D eigenvalue weighted by Crippen LogP contribution is -2.04. The molecule has 23 heavy (non-hydrogen) atoms. The van der Waals surface area contributed by atoms with E-state index in [-0.39, 0.29) is 5.78 Å². The Labute approximate surface area is 142 Å². The third-order valence-corrected chi connectivity index (χ3v) is 4.07. The lowest BCUT2D eigenvalue weighted by molar-refractivity contribution is 0.103. The Bertz CT molecular complexity index is 678. The quantitative estimate of drug-likeness (QED) is 0.674. The molecule has 0 radical (unpaired) electrons. The zero-order chi connectivity index (χ0) is 16.8. The van der Waals surface area contributed by atoms with E-state index in [4.69, 9.17) is 21.1 Å². The molecule has 0 amide bonds. The third kappa shape index (κ3) is 4.05. The van der Waals surface area contributed by atoms with Crippen LogP contribution in [-0.4, -0.2) is 20.0 Å². The first-order chi connectivity index (χ1) is 11.1. The summed E-state index contributed by atoms with van der Waals surface area (Å²) in [5.41, 5.74) is 2.26. The number of methoxy groups -OCH3 is 2. The van der Waals surface area contributed by atoms with Crippen LogP contribution in [0.25, 0.3) is 0 Å². The predicted molar refractivity (Wildman–Crippen MR) is 93.0 cm³/mol. The molecule has 0 N–H and O–H groups in total. The fourth-order valence-corrected chi connectivity index (χ4v) is 2.63. The Morgan fingerprint density at radius 3 is 2.22 bits per heavy atom. The number of aryl methyl sites for hydroxylation is 1. The summed E-state index contributed by atoms with van der Waals surface area (Å²) in [7, 11) is 3.06. The highest BCUT2D eigenvalue weighted by Crippen LogP contribution is 2.34. The summed E-state index contributed by atoms with van der Waals surface area (Å²) in [6.45, 7) is 2.16. The maximum atomic E-state index is 12.7. The fraction of sp³-hybridized carbons (Fsp3) is 0.316. The predicted octanol–water partition coefficient (Wildman–Crippen LogP) is 4.93. The van der Waals surface area contributed by atoms with E-state index in [0.717, 1.165) is 19.3 Å². The van der Waals surface area contributed by atoms with Crippen molar-refractivity contribution in [3.05, 3.63) is 58.1 Å². The summed E-state index contributed by atoms with van der Waals surface area (Å²) in [6.07, 6.45) is 3.33. The number of unbranched alkanes of at least 4 members (excludes halogenated alkanes) is 1. The van der Waals surface area contributed by atoms with Gasteiger partial charge in [0.2, 0.25) is 0 Å². The monoisotopic (exact) mass is 332 g/mol. The van der Waals surface area contributed by atoms with Crippen molar-refractivity contribution in [2.45, 2.75) is 26.2 Å². The molecule has 3 nitrogen and oxygen atoms in total. The molecule has 0 unspecified atom stereocenters. The van der Waals surface area contributed by atoms with Crippen LogP contribution in [-0.2, 0) is 6.42 Å². The van der Waals surface area contributed by atoms with Gasteiger partial charge in [-0.25, -0.2) is 0 Å². The number of rotatable bonds is 7. The van der Waals surface area contributed by atoms with Crippen LogP contribution in [0.15, 0.2) is 36.4 Å². The van der Waals surface area contributed by atoms with Gasteiger partial charge in [-0.05, 0) is 24.5 Å². The van der Waals surface area contributed by atoms with E-state index in [1.54, 1.807) is 12.1 Å². The van der Waals surface area contributed by atoms with Gasteiger partial charge in [0.05, 0.1) is 19.2 Å². The lowest BCUT2D eigenvalue weighted by Gasteiger charge is -2.11. The first-order valence-electron chi connectivity index (χ1n) is 7.65. The summed E-state index contributed by atoms with van der Waals surface area (Å²) >= 11 is 6.23. The minimum atomic E-state index is -0.127. The van der Waals surface area contributed by atoms with Gasteiger partial charge in [-0.3, -0.25) is 4.79 Å². The van der Waals surface area contributed by atoms with E-state index >= 15 is 0 Å². The smallest absolute Gasteiger partial charge is 0.194 e. The van der Waals surface area contributed by atoms with Crippen molar-refractivity contribution in [2.75, 3.05) is 14.2 Å². The molecule has 0 aromatic heterocycles. The van der Waals surface area contributed by atoms with Gasteiger partial charge in [0.25, 0.3) is 0 Å². The van der Waals surface area contributed by atoms with Gasteiger partial charge in [0.1, 0.15) is 0 Å². The minimum Gasteiger partial charge on any atom is -0.493 e. The number of ether oxygens (including phenoxy) is 2. The molecule has 4 heteroatoms. The van der Waals surface area contributed by atoms with Crippen molar-refractivity contribution in [1.82, 2.24) is 0 Å². The van der Waals surface area contributed by atoms with Crippen molar-refractivity contribution in [3.63, 3.8) is 0 Å². The second-order valence-electron chi connectivity index (χ2n) is 5.32. The van der Waals surface area contributed by atoms with E-state index in [0.29, 0.717) is 27.6 Å². The second kappa shape index (κ2) is 8.02. The topological polar surface area (TPSA) is 35.5 Å². The van der Waals surface area contributed by atoms with E-state index in [9.17, 15) is 4.79 Å². The Morgan fingerprint density at radius 2 is 1.65 bits per heavy atom. The first kappa shape index (κ1) is 17.4. The molecule has 2 aromatic carbocycles. The fourth-order valence-electron chi connectivity index (χ4n) is 2.39. The Kier molecular flexibility index (Phi) is 6.05. The average molecular weight is 333 g/mol. The molecule has 0 saturated heterocycles. The summed E-state index contributed by atoms with van der Waals surface area (Å²) in [5, 5.41) is 0.350. The highest BCUT2D eigenvalue weighted by molar-refractivity contribution is 6.35. The molecular weight excluding hydrogens is 312 g/mol. The van der Waals surface area contributed by atoms with Crippen molar-refractivity contribution in [3.8, 4) is 11.5 Å². The first-order valence-corrected chi connectivity index (χ1v) is 8.03. The van der Waals surface area contributed by atoms with Crippen molar-refractivity contribution in [2.24, 2.45) is 0 Å². The van der Waals surface area contributed by atoms with Gasteiger partial charge < -0.3 is 9.47 Å². The highest BCUT2D eigenvalue weighted by atomic mass is 35.5. The van der Waals surface area contributed by atoms with Gasteiger partial charge >= 0.3 is 0 Å². The lowest BCUT2D eigenvalue weighted by atomic mass is 10.00. The molecule has 0 saturated carbocycles. The average Bonchev–Trinajstić information content (AvgIpc) is 2.59. The molecule has 0 bridgehead atoms. The summed E-state index contributed by atoms with van der Waals surface area (Å²) in [4.78, 5) is 12.7. The molecule has 0 aliphatic heterocycles. The van der Waals surface area contributed by atoms with Crippen LogP contribution in [0.2, 0.25) is 5.02 Å². The molecule has 0 heterocycles. The molecule has 2 aromatic rings. The summed E-state index contributed by atoms with van der Waals surface area (Å²) < 4.78 is 10.4. The molecule has 0 spiro atoms. The third-order valence-electron chi connectivity index (χ3n) is 3.75. The maximum absolute atomic E-state index is 12.7. The number of hydrogen-bond acceptors (Lipinski definition) is 3. The molecule has 0 aliphatic carbocycles. The summed E-state index contributed by atoms with van der Waals surface area (Å²) in [6, 6.07) is 10.9. The number of ketones is 1. The van der Waals surface area contributed by atoms with Crippen molar-refractivity contribution >= 4 is 17.4 Å². The van der Waals surface area contributed by atoms with E-state index in [1.807, 2.05) is 24.3 Å². The molecule has 0 atom stereocenters. The maximum Gasteiger partial charge on any atom is 0.194 e. The Hall–Kier alpha value is -2.00. The van der Waals surface area contributed by atoms with Crippen LogP contribution >= 0.6 is 11.6 Å². The van der Waals surface area contributed by atoms with Crippen LogP contribution in [0.4, 0.5) is 0 Å². The van der Waals surface area contributed by atoms with Crippen LogP contribution in [0.5, 0.6) is 11.5 Å². The molecular formula is C19H21ClO3. The highest BCUT2D eigenvalue weighted by Gasteiger charge is 2.17. The van der Waals surface area contributed by atoms with Gasteiger partial charge in [0, 0.05) is 17.2 Å². The number of halogens is 1. The normalized spacial score (nSPS) is 10.4. The van der Waals surface area contributed by atoms with Crippen molar-refractivity contribution < 1.29 is 14.3 Å². The Morgan fingerprint density at radius 1 is 1.04 bits per heavy atom. The van der Waals surface area contributed by atoms with E-state index < -0.39 is 0 Å². The van der Waals surface area contributed by atoms with Gasteiger partial charge in [0.15, 0.2) is 17.3 Å². The van der Waals surface area contributed by atoms with Crippen molar-refractivity contribution in [1.29, 1.82) is 0 Å². The molecule has 2 rings (SSSR count). The minimum absolute atomic E-state index is 0.127. The van der Waals surface area contributed by atoms with Crippen LogP contribution in [0.1, 0.15) is 41.3 Å². The standard InChI is InChI=1S/C19H21ClO3/c1-4-5-6-13-7-9-14(10-8-13)19(21)15-11-17(22-2)18(23-3)12-16(15)20/h7-12H,4-6H2,1-3H3. The Balaban J connectivity index is 2.29. The largest absolute Gasteiger partial charge is 0.493 e. The second-order valence-corrected chi connectivity index (χ2v) is 5.72. The SMILES string of the molecule is CCCCc1ccc(C(=O)c2cc(OC)c(OC)cc2Cl)cc1. The van der Waals surface area contributed by atoms with Gasteiger partial charge in [-0.2, -0.15) is 0 Å². The molecule has 0 aliphatic rings. The zero-order valence-corrected chi connectivity index (χ0v) is 14.4.